The van der Waals surface area contributed by atoms with Crippen molar-refractivity contribution in [2.75, 3.05) is 6.61 Å². The highest BCUT2D eigenvalue weighted by Gasteiger charge is 2.00. The highest BCUT2D eigenvalue weighted by molar-refractivity contribution is 5.35. The number of nitriles is 1. The van der Waals surface area contributed by atoms with Crippen LogP contribution in [-0.2, 0) is 6.42 Å². The third-order valence-electron chi connectivity index (χ3n) is 1.60. The van der Waals surface area contributed by atoms with Gasteiger partial charge in [-0.1, -0.05) is 30.9 Å². The van der Waals surface area contributed by atoms with Gasteiger partial charge < -0.3 is 4.74 Å². The van der Waals surface area contributed by atoms with Gasteiger partial charge in [-0.15, -0.1) is 0 Å². The minimum atomic E-state index is 0.382. The van der Waals surface area contributed by atoms with Crippen molar-refractivity contribution in [2.24, 2.45) is 0 Å². The van der Waals surface area contributed by atoms with Gasteiger partial charge in [0.2, 0.25) is 0 Å². The van der Waals surface area contributed by atoms with E-state index >= 15 is 0 Å². The SMILES string of the molecule is C=CCOc1ccccc1CC#N. The average Bonchev–Trinajstić information content (AvgIpc) is 2.17. The van der Waals surface area contributed by atoms with Crippen molar-refractivity contribution in [3.8, 4) is 11.8 Å². The zero-order valence-electron chi connectivity index (χ0n) is 7.36. The highest BCUT2D eigenvalue weighted by atomic mass is 16.5. The van der Waals surface area contributed by atoms with Crippen LogP contribution in [-0.4, -0.2) is 6.61 Å². The number of hydrogen-bond donors (Lipinski definition) is 0. The van der Waals surface area contributed by atoms with E-state index < -0.39 is 0 Å². The Hall–Kier alpha value is -1.75. The first-order chi connectivity index (χ1) is 6.38. The molecule has 0 bridgehead atoms. The molecule has 0 radical (unpaired) electrons. The first-order valence-corrected chi connectivity index (χ1v) is 4.07. The van der Waals surface area contributed by atoms with Crippen LogP contribution in [0.2, 0.25) is 0 Å². The maximum absolute atomic E-state index is 8.54. The molecule has 0 fully saturated rings. The van der Waals surface area contributed by atoms with E-state index in [0.717, 1.165) is 11.3 Å². The average molecular weight is 173 g/mol. The third-order valence-corrected chi connectivity index (χ3v) is 1.60. The lowest BCUT2D eigenvalue weighted by atomic mass is 10.1. The predicted molar refractivity (Wildman–Crippen MR) is 51.5 cm³/mol. The molecule has 0 amide bonds. The van der Waals surface area contributed by atoms with Crippen LogP contribution >= 0.6 is 0 Å². The van der Waals surface area contributed by atoms with E-state index in [1.807, 2.05) is 24.3 Å². The molecule has 0 aliphatic rings. The number of benzene rings is 1. The Balaban J connectivity index is 2.79. The second kappa shape index (κ2) is 5.00. The second-order valence-electron chi connectivity index (χ2n) is 2.54. The summed E-state index contributed by atoms with van der Waals surface area (Å²) in [6.45, 7) is 4.04. The van der Waals surface area contributed by atoms with Gasteiger partial charge in [0, 0.05) is 5.56 Å². The van der Waals surface area contributed by atoms with Crippen LogP contribution in [0.3, 0.4) is 0 Å². The fourth-order valence-corrected chi connectivity index (χ4v) is 1.02. The van der Waals surface area contributed by atoms with Crippen molar-refractivity contribution in [1.29, 1.82) is 5.26 Å². The van der Waals surface area contributed by atoms with Gasteiger partial charge in [0.05, 0.1) is 12.5 Å². The molecule has 2 heteroatoms. The number of rotatable bonds is 4. The molecule has 13 heavy (non-hydrogen) atoms. The molecule has 0 saturated carbocycles. The molecule has 1 aromatic rings. The van der Waals surface area contributed by atoms with Crippen molar-refractivity contribution in [3.05, 3.63) is 42.5 Å². The first kappa shape index (κ1) is 9.34. The van der Waals surface area contributed by atoms with Gasteiger partial charge in [0.15, 0.2) is 0 Å². The lowest BCUT2D eigenvalue weighted by Gasteiger charge is -2.06. The van der Waals surface area contributed by atoms with Crippen LogP contribution in [0.5, 0.6) is 5.75 Å². The normalized spacial score (nSPS) is 8.85. The minimum absolute atomic E-state index is 0.382. The predicted octanol–water partition coefficient (Wildman–Crippen LogP) is 2.32. The molecule has 0 aliphatic heterocycles. The zero-order valence-corrected chi connectivity index (χ0v) is 7.36. The van der Waals surface area contributed by atoms with Gasteiger partial charge in [0.1, 0.15) is 12.4 Å². The number of hydrogen-bond acceptors (Lipinski definition) is 2. The molecule has 1 aromatic carbocycles. The van der Waals surface area contributed by atoms with Crippen molar-refractivity contribution in [3.63, 3.8) is 0 Å². The molecule has 0 atom stereocenters. The standard InChI is InChI=1S/C11H11NO/c1-2-9-13-11-6-4-3-5-10(11)7-8-12/h2-6H,1,7,9H2. The van der Waals surface area contributed by atoms with E-state index in [1.165, 1.54) is 0 Å². The molecule has 2 nitrogen and oxygen atoms in total. The third kappa shape index (κ3) is 2.64. The molecule has 0 heterocycles. The van der Waals surface area contributed by atoms with E-state index in [-0.39, 0.29) is 0 Å². The summed E-state index contributed by atoms with van der Waals surface area (Å²) in [4.78, 5) is 0. The van der Waals surface area contributed by atoms with Gasteiger partial charge >= 0.3 is 0 Å². The second-order valence-corrected chi connectivity index (χ2v) is 2.54. The Bertz CT molecular complexity index is 325. The van der Waals surface area contributed by atoms with Crippen LogP contribution in [0, 0.1) is 11.3 Å². The summed E-state index contributed by atoms with van der Waals surface area (Å²) in [7, 11) is 0. The Morgan fingerprint density at radius 2 is 2.23 bits per heavy atom. The van der Waals surface area contributed by atoms with Crippen molar-refractivity contribution < 1.29 is 4.74 Å². The van der Waals surface area contributed by atoms with Gasteiger partial charge in [-0.3, -0.25) is 0 Å². The van der Waals surface area contributed by atoms with Gasteiger partial charge in [0.25, 0.3) is 0 Å². The molecule has 0 aromatic heterocycles. The van der Waals surface area contributed by atoms with Gasteiger partial charge in [-0.25, -0.2) is 0 Å². The maximum atomic E-state index is 8.54. The molecule has 0 saturated heterocycles. The van der Waals surface area contributed by atoms with E-state index in [1.54, 1.807) is 6.08 Å². The minimum Gasteiger partial charge on any atom is -0.489 e. The van der Waals surface area contributed by atoms with Crippen LogP contribution < -0.4 is 4.74 Å². The quantitative estimate of drug-likeness (QED) is 0.654. The van der Waals surface area contributed by atoms with Crippen LogP contribution in [0.4, 0.5) is 0 Å². The summed E-state index contributed by atoms with van der Waals surface area (Å²) in [6.07, 6.45) is 2.07. The first-order valence-electron chi connectivity index (χ1n) is 4.07. The summed E-state index contributed by atoms with van der Waals surface area (Å²) in [5.74, 6) is 0.768. The zero-order chi connectivity index (χ0) is 9.52. The van der Waals surface area contributed by atoms with E-state index in [9.17, 15) is 0 Å². The van der Waals surface area contributed by atoms with Crippen LogP contribution in [0.15, 0.2) is 36.9 Å². The number of para-hydroxylation sites is 1. The molecular weight excluding hydrogens is 162 g/mol. The molecule has 0 spiro atoms. The van der Waals surface area contributed by atoms with Gasteiger partial charge in [-0.05, 0) is 6.07 Å². The fourth-order valence-electron chi connectivity index (χ4n) is 1.02. The Kier molecular flexibility index (Phi) is 3.59. The van der Waals surface area contributed by atoms with Crippen molar-refractivity contribution >= 4 is 0 Å². The highest BCUT2D eigenvalue weighted by Crippen LogP contribution is 2.17. The molecule has 0 N–H and O–H groups in total. The molecule has 0 aliphatic carbocycles. The summed E-state index contributed by atoms with van der Waals surface area (Å²) in [5, 5.41) is 8.54. The van der Waals surface area contributed by atoms with E-state index in [0.29, 0.717) is 13.0 Å². The fraction of sp³-hybridized carbons (Fsp3) is 0.182. The number of ether oxygens (including phenoxy) is 1. The Labute approximate surface area is 78.1 Å². The molecule has 1 rings (SSSR count). The van der Waals surface area contributed by atoms with Crippen molar-refractivity contribution in [2.45, 2.75) is 6.42 Å². The maximum Gasteiger partial charge on any atom is 0.124 e. The van der Waals surface area contributed by atoms with Crippen LogP contribution in [0.25, 0.3) is 0 Å². The molecule has 66 valence electrons. The summed E-state index contributed by atoms with van der Waals surface area (Å²) in [6, 6.07) is 9.63. The smallest absolute Gasteiger partial charge is 0.124 e. The van der Waals surface area contributed by atoms with E-state index in [4.69, 9.17) is 10.00 Å². The Morgan fingerprint density at radius 3 is 2.92 bits per heavy atom. The summed E-state index contributed by atoms with van der Waals surface area (Å²) in [5.41, 5.74) is 0.923. The van der Waals surface area contributed by atoms with Gasteiger partial charge in [-0.2, -0.15) is 5.26 Å². The van der Waals surface area contributed by atoms with Crippen LogP contribution in [0.1, 0.15) is 5.56 Å². The molecule has 0 unspecified atom stereocenters. The summed E-state index contributed by atoms with van der Waals surface area (Å²) >= 11 is 0. The monoisotopic (exact) mass is 173 g/mol. The number of nitrogens with zero attached hydrogens (tertiary/aromatic N) is 1. The Morgan fingerprint density at radius 1 is 1.46 bits per heavy atom. The van der Waals surface area contributed by atoms with E-state index in [2.05, 4.69) is 12.6 Å². The lowest BCUT2D eigenvalue weighted by molar-refractivity contribution is 0.360. The van der Waals surface area contributed by atoms with Crippen molar-refractivity contribution in [1.82, 2.24) is 0 Å². The topological polar surface area (TPSA) is 33.0 Å². The summed E-state index contributed by atoms with van der Waals surface area (Å²) < 4.78 is 5.37. The largest absolute Gasteiger partial charge is 0.489 e. The lowest BCUT2D eigenvalue weighted by Crippen LogP contribution is -1.96. The molecular formula is C11H11NO.